The van der Waals surface area contributed by atoms with Crippen LogP contribution in [0.1, 0.15) is 25.3 Å². The molecule has 0 saturated carbocycles. The van der Waals surface area contributed by atoms with E-state index >= 15 is 0 Å². The van der Waals surface area contributed by atoms with E-state index in [1.54, 1.807) is 7.11 Å². The molecule has 1 saturated heterocycles. The lowest BCUT2D eigenvalue weighted by Gasteiger charge is -2.27. The summed E-state index contributed by atoms with van der Waals surface area (Å²) in [5.74, 6) is 0. The van der Waals surface area contributed by atoms with Crippen LogP contribution in [-0.2, 0) is 11.3 Å². The maximum Gasteiger partial charge on any atom is 0.0587 e. The van der Waals surface area contributed by atoms with Crippen molar-refractivity contribution >= 4 is 17.3 Å². The number of rotatable bonds is 6. The molecule has 1 aromatic rings. The Morgan fingerprint density at radius 3 is 3.00 bits per heavy atom. The lowest BCUT2D eigenvalue weighted by atomic mass is 10.1. The summed E-state index contributed by atoms with van der Waals surface area (Å²) < 4.78 is 5.05. The van der Waals surface area contributed by atoms with E-state index in [1.165, 1.54) is 24.1 Å². The quantitative estimate of drug-likeness (QED) is 0.812. The van der Waals surface area contributed by atoms with Crippen molar-refractivity contribution in [2.24, 2.45) is 0 Å². The number of nitrogens with one attached hydrogen (secondary N) is 1. The molecular weight excluding hydrogens is 260 g/mol. The van der Waals surface area contributed by atoms with Crippen molar-refractivity contribution in [1.82, 2.24) is 5.32 Å². The maximum absolute atomic E-state index is 6.16. The molecule has 1 N–H and O–H groups in total. The zero-order valence-electron chi connectivity index (χ0n) is 11.8. The van der Waals surface area contributed by atoms with E-state index in [-0.39, 0.29) is 0 Å². The molecule has 1 atom stereocenters. The molecule has 0 spiro atoms. The molecule has 1 aliphatic heterocycles. The molecule has 2 rings (SSSR count). The maximum atomic E-state index is 6.16. The zero-order chi connectivity index (χ0) is 13.7. The average molecular weight is 283 g/mol. The lowest BCUT2D eigenvalue weighted by molar-refractivity contribution is 0.199. The Kier molecular flexibility index (Phi) is 5.49. The molecule has 1 heterocycles. The van der Waals surface area contributed by atoms with Crippen molar-refractivity contribution in [3.8, 4) is 0 Å². The average Bonchev–Trinajstić information content (AvgIpc) is 2.82. The summed E-state index contributed by atoms with van der Waals surface area (Å²) in [6.45, 7) is 5.89. The van der Waals surface area contributed by atoms with E-state index in [4.69, 9.17) is 16.3 Å². The third kappa shape index (κ3) is 3.85. The summed E-state index contributed by atoms with van der Waals surface area (Å²) in [6.07, 6.45) is 2.53. The van der Waals surface area contributed by atoms with Crippen LogP contribution >= 0.6 is 11.6 Å². The highest BCUT2D eigenvalue weighted by molar-refractivity contribution is 6.30. The number of benzene rings is 1. The van der Waals surface area contributed by atoms with Gasteiger partial charge in [-0.2, -0.15) is 0 Å². The fourth-order valence-electron chi connectivity index (χ4n) is 2.64. The minimum absolute atomic E-state index is 0.608. The van der Waals surface area contributed by atoms with Crippen LogP contribution in [0, 0.1) is 0 Å². The summed E-state index contributed by atoms with van der Waals surface area (Å²) in [4.78, 5) is 2.47. The van der Waals surface area contributed by atoms with E-state index in [1.807, 2.05) is 6.07 Å². The van der Waals surface area contributed by atoms with Crippen molar-refractivity contribution in [3.63, 3.8) is 0 Å². The highest BCUT2D eigenvalue weighted by Crippen LogP contribution is 2.30. The number of nitrogens with zero attached hydrogens (tertiary/aromatic N) is 1. The molecule has 1 aromatic carbocycles. The Balaban J connectivity index is 2.09. The number of hydrogen-bond donors (Lipinski definition) is 1. The van der Waals surface area contributed by atoms with Crippen LogP contribution < -0.4 is 10.2 Å². The summed E-state index contributed by atoms with van der Waals surface area (Å²) in [6, 6.07) is 6.80. The molecule has 19 heavy (non-hydrogen) atoms. The molecule has 0 aliphatic carbocycles. The topological polar surface area (TPSA) is 24.5 Å². The number of ether oxygens (including phenoxy) is 1. The molecule has 106 valence electrons. The van der Waals surface area contributed by atoms with Gasteiger partial charge in [-0.15, -0.1) is 0 Å². The van der Waals surface area contributed by atoms with Crippen molar-refractivity contribution in [1.29, 1.82) is 0 Å². The van der Waals surface area contributed by atoms with Crippen LogP contribution in [0.15, 0.2) is 18.2 Å². The Hall–Kier alpha value is -0.770. The second-order valence-corrected chi connectivity index (χ2v) is 5.56. The van der Waals surface area contributed by atoms with E-state index in [9.17, 15) is 0 Å². The highest BCUT2D eigenvalue weighted by atomic mass is 35.5. The van der Waals surface area contributed by atoms with E-state index in [2.05, 4.69) is 29.3 Å². The largest absolute Gasteiger partial charge is 0.383 e. The van der Waals surface area contributed by atoms with Crippen molar-refractivity contribution in [3.05, 3.63) is 28.8 Å². The van der Waals surface area contributed by atoms with Gasteiger partial charge in [-0.3, -0.25) is 0 Å². The zero-order valence-corrected chi connectivity index (χ0v) is 12.5. The van der Waals surface area contributed by atoms with Gasteiger partial charge < -0.3 is 15.0 Å². The van der Waals surface area contributed by atoms with Crippen molar-refractivity contribution < 1.29 is 4.74 Å². The van der Waals surface area contributed by atoms with Crippen LogP contribution in [0.25, 0.3) is 0 Å². The Labute approximate surface area is 120 Å². The second-order valence-electron chi connectivity index (χ2n) is 5.13. The van der Waals surface area contributed by atoms with Gasteiger partial charge in [0.15, 0.2) is 0 Å². The van der Waals surface area contributed by atoms with E-state index in [0.29, 0.717) is 6.04 Å². The predicted molar refractivity (Wildman–Crippen MR) is 81.1 cm³/mol. The summed E-state index contributed by atoms with van der Waals surface area (Å²) >= 11 is 6.16. The minimum Gasteiger partial charge on any atom is -0.383 e. The molecule has 3 nitrogen and oxygen atoms in total. The first-order valence-electron chi connectivity index (χ1n) is 6.97. The van der Waals surface area contributed by atoms with Gasteiger partial charge in [0.2, 0.25) is 0 Å². The smallest absolute Gasteiger partial charge is 0.0587 e. The summed E-state index contributed by atoms with van der Waals surface area (Å²) in [7, 11) is 1.72. The standard InChI is InChI=1S/C15H23ClN2O/c1-12-4-3-8-18(12)15-10-14(16)6-5-13(15)11-17-7-9-19-2/h5-6,10,12,17H,3-4,7-9,11H2,1-2H3. The van der Waals surface area contributed by atoms with Gasteiger partial charge in [-0.25, -0.2) is 0 Å². The molecule has 1 aliphatic rings. The SMILES string of the molecule is COCCNCc1ccc(Cl)cc1N1CCCC1C. The number of halogens is 1. The molecular formula is C15H23ClN2O. The van der Waals surface area contributed by atoms with Gasteiger partial charge >= 0.3 is 0 Å². The summed E-state index contributed by atoms with van der Waals surface area (Å²) in [5, 5.41) is 4.22. The molecule has 0 aromatic heterocycles. The highest BCUT2D eigenvalue weighted by Gasteiger charge is 2.22. The monoisotopic (exact) mass is 282 g/mol. The van der Waals surface area contributed by atoms with Crippen LogP contribution in [0.3, 0.4) is 0 Å². The first-order chi connectivity index (χ1) is 9.22. The molecule has 0 amide bonds. The van der Waals surface area contributed by atoms with E-state index < -0.39 is 0 Å². The third-order valence-electron chi connectivity index (χ3n) is 3.71. The van der Waals surface area contributed by atoms with Gasteiger partial charge in [0.1, 0.15) is 0 Å². The molecule has 0 radical (unpaired) electrons. The van der Waals surface area contributed by atoms with Gasteiger partial charge in [-0.05, 0) is 37.5 Å². The van der Waals surface area contributed by atoms with Gasteiger partial charge in [0.25, 0.3) is 0 Å². The first-order valence-corrected chi connectivity index (χ1v) is 7.35. The molecule has 1 unspecified atom stereocenters. The van der Waals surface area contributed by atoms with E-state index in [0.717, 1.165) is 31.3 Å². The predicted octanol–water partition coefficient (Wildman–Crippen LogP) is 3.06. The normalized spacial score (nSPS) is 19.1. The van der Waals surface area contributed by atoms with Crippen LogP contribution in [0.5, 0.6) is 0 Å². The van der Waals surface area contributed by atoms with Crippen molar-refractivity contribution in [2.45, 2.75) is 32.4 Å². The first kappa shape index (κ1) is 14.6. The van der Waals surface area contributed by atoms with Gasteiger partial charge in [0, 0.05) is 43.5 Å². The van der Waals surface area contributed by atoms with Gasteiger partial charge in [0.05, 0.1) is 6.61 Å². The Morgan fingerprint density at radius 1 is 1.47 bits per heavy atom. The van der Waals surface area contributed by atoms with Crippen LogP contribution in [-0.4, -0.2) is 32.8 Å². The molecule has 1 fully saturated rings. The van der Waals surface area contributed by atoms with Crippen LogP contribution in [0.2, 0.25) is 5.02 Å². The van der Waals surface area contributed by atoms with Crippen LogP contribution in [0.4, 0.5) is 5.69 Å². The van der Waals surface area contributed by atoms with Crippen molar-refractivity contribution in [2.75, 3.05) is 31.7 Å². The number of anilines is 1. The lowest BCUT2D eigenvalue weighted by Crippen LogP contribution is -2.28. The Morgan fingerprint density at radius 2 is 2.32 bits per heavy atom. The minimum atomic E-state index is 0.608. The third-order valence-corrected chi connectivity index (χ3v) is 3.94. The summed E-state index contributed by atoms with van der Waals surface area (Å²) in [5.41, 5.74) is 2.59. The Bertz CT molecular complexity index is 411. The molecule has 0 bridgehead atoms. The second kappa shape index (κ2) is 7.13. The fourth-order valence-corrected chi connectivity index (χ4v) is 2.81. The molecule has 4 heteroatoms. The number of methoxy groups -OCH3 is 1. The number of hydrogen-bond acceptors (Lipinski definition) is 3. The fraction of sp³-hybridized carbons (Fsp3) is 0.600. The van der Waals surface area contributed by atoms with Gasteiger partial charge in [-0.1, -0.05) is 17.7 Å².